The molecule has 1 aromatic rings. The molecule has 3 amide bonds. The van der Waals surface area contributed by atoms with Gasteiger partial charge >= 0.3 is 0 Å². The molecule has 11 heteroatoms. The van der Waals surface area contributed by atoms with Crippen LogP contribution in [0.5, 0.6) is 5.75 Å². The number of phenols is 1. The molecule has 0 bridgehead atoms. The average Bonchev–Trinajstić information content (AvgIpc) is 2.64. The van der Waals surface area contributed by atoms with Crippen molar-refractivity contribution in [3.8, 4) is 5.75 Å². The average molecular weight is 411 g/mol. The number of primary amides is 1. The van der Waals surface area contributed by atoms with Crippen LogP contribution < -0.4 is 27.8 Å². The first-order valence-electron chi connectivity index (χ1n) is 8.56. The summed E-state index contributed by atoms with van der Waals surface area (Å²) in [6, 6.07) is 4.33. The van der Waals surface area contributed by atoms with E-state index in [9.17, 15) is 19.5 Å². The molecule has 0 aliphatic heterocycles. The lowest BCUT2D eigenvalue weighted by Crippen LogP contribution is -2.54. The molecule has 0 heterocycles. The first-order chi connectivity index (χ1) is 13.2. The normalized spacial score (nSPS) is 12.5. The van der Waals surface area contributed by atoms with E-state index in [-0.39, 0.29) is 36.8 Å². The van der Waals surface area contributed by atoms with Crippen molar-refractivity contribution in [1.82, 2.24) is 10.6 Å². The lowest BCUT2D eigenvalue weighted by molar-refractivity contribution is -0.130. The van der Waals surface area contributed by atoms with Crippen LogP contribution >= 0.6 is 12.6 Å². The number of aliphatic imine (C=N–C) groups is 1. The molecule has 154 valence electrons. The van der Waals surface area contributed by atoms with Gasteiger partial charge in [-0.05, 0) is 30.5 Å². The van der Waals surface area contributed by atoms with Crippen LogP contribution in [-0.2, 0) is 20.8 Å². The maximum absolute atomic E-state index is 12.6. The van der Waals surface area contributed by atoms with Crippen LogP contribution in [0.15, 0.2) is 29.3 Å². The second kappa shape index (κ2) is 11.7. The van der Waals surface area contributed by atoms with Gasteiger partial charge in [0.1, 0.15) is 17.8 Å². The summed E-state index contributed by atoms with van der Waals surface area (Å²) in [5, 5.41) is 14.5. The van der Waals surface area contributed by atoms with E-state index < -0.39 is 29.8 Å². The molecule has 0 aromatic heterocycles. The van der Waals surface area contributed by atoms with Crippen LogP contribution in [0.25, 0.3) is 0 Å². The van der Waals surface area contributed by atoms with Gasteiger partial charge in [0.15, 0.2) is 5.96 Å². The molecule has 0 spiro atoms. The number of carbonyl (C=O) groups is 3. The van der Waals surface area contributed by atoms with Crippen molar-refractivity contribution in [2.45, 2.75) is 31.3 Å². The Kier molecular flexibility index (Phi) is 9.65. The fourth-order valence-electron chi connectivity index (χ4n) is 2.38. The molecule has 2 atom stereocenters. The highest BCUT2D eigenvalue weighted by atomic mass is 32.1. The van der Waals surface area contributed by atoms with Crippen LogP contribution in [0.4, 0.5) is 0 Å². The fourth-order valence-corrected chi connectivity index (χ4v) is 2.47. The molecule has 0 aliphatic rings. The minimum absolute atomic E-state index is 0.0666. The molecule has 1 rings (SSSR count). The van der Waals surface area contributed by atoms with Gasteiger partial charge in [0.2, 0.25) is 17.7 Å². The molecule has 1 aromatic carbocycles. The van der Waals surface area contributed by atoms with Crippen molar-refractivity contribution in [2.75, 3.05) is 12.3 Å². The standard InChI is InChI=1S/C17H26N6O4S/c18-15(26)12(2-1-7-21-17(19)20)23-16(27)13(22-14(25)9-28)8-10-3-5-11(24)6-4-10/h3-6,12-13,24,28H,1-2,7-9H2,(H2,18,26)(H,22,25)(H,23,27)(H4,19,20,21)/t12-,13-/m0/s1. The zero-order valence-electron chi connectivity index (χ0n) is 15.3. The van der Waals surface area contributed by atoms with E-state index in [0.29, 0.717) is 12.0 Å². The highest BCUT2D eigenvalue weighted by Gasteiger charge is 2.25. The number of nitrogens with zero attached hydrogens (tertiary/aromatic N) is 1. The van der Waals surface area contributed by atoms with Gasteiger partial charge in [0.25, 0.3) is 0 Å². The van der Waals surface area contributed by atoms with E-state index in [1.54, 1.807) is 12.1 Å². The van der Waals surface area contributed by atoms with Gasteiger partial charge in [-0.1, -0.05) is 12.1 Å². The minimum atomic E-state index is -0.941. The lowest BCUT2D eigenvalue weighted by Gasteiger charge is -2.22. The van der Waals surface area contributed by atoms with E-state index in [2.05, 4.69) is 28.3 Å². The zero-order chi connectivity index (χ0) is 21.1. The SMILES string of the molecule is NC(=O)[C@H](CCCN=C(N)N)NC(=O)[C@H](Cc1ccc(O)cc1)NC(=O)CS. The first kappa shape index (κ1) is 23.1. The highest BCUT2D eigenvalue weighted by Crippen LogP contribution is 2.12. The van der Waals surface area contributed by atoms with Crippen LogP contribution in [-0.4, -0.2) is 53.2 Å². The van der Waals surface area contributed by atoms with Crippen LogP contribution in [0.3, 0.4) is 0 Å². The number of rotatable bonds is 11. The van der Waals surface area contributed by atoms with Crippen LogP contribution in [0.1, 0.15) is 18.4 Å². The topological polar surface area (TPSA) is 186 Å². The summed E-state index contributed by atoms with van der Waals surface area (Å²) in [6.07, 6.45) is 0.826. The van der Waals surface area contributed by atoms with Crippen molar-refractivity contribution in [3.63, 3.8) is 0 Å². The number of nitrogens with one attached hydrogen (secondary N) is 2. The number of benzene rings is 1. The van der Waals surface area contributed by atoms with Gasteiger partial charge in [-0.25, -0.2) is 0 Å². The number of hydrogen-bond donors (Lipinski definition) is 7. The maximum atomic E-state index is 12.6. The van der Waals surface area contributed by atoms with Crippen molar-refractivity contribution >= 4 is 36.3 Å². The Hall–Kier alpha value is -2.95. The van der Waals surface area contributed by atoms with E-state index in [1.807, 2.05) is 0 Å². The largest absolute Gasteiger partial charge is 0.508 e. The van der Waals surface area contributed by atoms with E-state index >= 15 is 0 Å². The molecule has 0 fully saturated rings. The third kappa shape index (κ3) is 8.62. The molecule has 0 aliphatic carbocycles. The second-order valence-electron chi connectivity index (χ2n) is 6.06. The number of nitrogens with two attached hydrogens (primary N) is 3. The Labute approximate surface area is 168 Å². The van der Waals surface area contributed by atoms with Gasteiger partial charge < -0.3 is 32.9 Å². The number of amides is 3. The maximum Gasteiger partial charge on any atom is 0.243 e. The summed E-state index contributed by atoms with van der Waals surface area (Å²) < 4.78 is 0. The third-order valence-corrected chi connectivity index (χ3v) is 4.06. The van der Waals surface area contributed by atoms with Crippen LogP contribution in [0.2, 0.25) is 0 Å². The monoisotopic (exact) mass is 410 g/mol. The Balaban J connectivity index is 2.80. The molecule has 9 N–H and O–H groups in total. The molecule has 10 nitrogen and oxygen atoms in total. The second-order valence-corrected chi connectivity index (χ2v) is 6.38. The number of phenolic OH excluding ortho intramolecular Hbond substituents is 1. The summed E-state index contributed by atoms with van der Waals surface area (Å²) in [5.74, 6) is -1.79. The van der Waals surface area contributed by atoms with Crippen molar-refractivity contribution < 1.29 is 19.5 Å². The Bertz CT molecular complexity index is 706. The molecular weight excluding hydrogens is 384 g/mol. The number of hydrogen-bond acceptors (Lipinski definition) is 6. The van der Waals surface area contributed by atoms with Gasteiger partial charge in [-0.2, -0.15) is 12.6 Å². The summed E-state index contributed by atoms with van der Waals surface area (Å²) in [6.45, 7) is 0.287. The van der Waals surface area contributed by atoms with Crippen LogP contribution in [0, 0.1) is 0 Å². The molecular formula is C17H26N6O4S. The lowest BCUT2D eigenvalue weighted by atomic mass is 10.0. The molecule has 28 heavy (non-hydrogen) atoms. The first-order valence-corrected chi connectivity index (χ1v) is 9.19. The predicted octanol–water partition coefficient (Wildman–Crippen LogP) is -1.63. The Morgan fingerprint density at radius 1 is 1.07 bits per heavy atom. The summed E-state index contributed by atoms with van der Waals surface area (Å²) in [5.41, 5.74) is 16.5. The summed E-state index contributed by atoms with van der Waals surface area (Å²) in [7, 11) is 0. The predicted molar refractivity (Wildman–Crippen MR) is 109 cm³/mol. The van der Waals surface area contributed by atoms with Gasteiger partial charge in [-0.15, -0.1) is 0 Å². The number of aromatic hydroxyl groups is 1. The number of guanidine groups is 1. The van der Waals surface area contributed by atoms with Gasteiger partial charge in [0, 0.05) is 13.0 Å². The van der Waals surface area contributed by atoms with E-state index in [0.717, 1.165) is 0 Å². The Morgan fingerprint density at radius 2 is 1.71 bits per heavy atom. The number of thiol groups is 1. The molecule has 0 unspecified atom stereocenters. The van der Waals surface area contributed by atoms with Gasteiger partial charge in [-0.3, -0.25) is 19.4 Å². The van der Waals surface area contributed by atoms with Crippen molar-refractivity contribution in [2.24, 2.45) is 22.2 Å². The van der Waals surface area contributed by atoms with Gasteiger partial charge in [0.05, 0.1) is 5.75 Å². The Morgan fingerprint density at radius 3 is 2.25 bits per heavy atom. The molecule has 0 radical (unpaired) electrons. The zero-order valence-corrected chi connectivity index (χ0v) is 16.2. The van der Waals surface area contributed by atoms with E-state index in [4.69, 9.17) is 17.2 Å². The quantitative estimate of drug-likeness (QED) is 0.0993. The smallest absolute Gasteiger partial charge is 0.243 e. The minimum Gasteiger partial charge on any atom is -0.508 e. The molecule has 0 saturated carbocycles. The summed E-state index contributed by atoms with van der Waals surface area (Å²) in [4.78, 5) is 39.8. The third-order valence-electron chi connectivity index (χ3n) is 3.78. The summed E-state index contributed by atoms with van der Waals surface area (Å²) >= 11 is 3.89. The fraction of sp³-hybridized carbons (Fsp3) is 0.412. The molecule has 0 saturated heterocycles. The highest BCUT2D eigenvalue weighted by molar-refractivity contribution is 7.81. The number of carbonyl (C=O) groups excluding carboxylic acids is 3. The van der Waals surface area contributed by atoms with E-state index in [1.165, 1.54) is 12.1 Å². The van der Waals surface area contributed by atoms with Crippen molar-refractivity contribution in [1.29, 1.82) is 0 Å². The van der Waals surface area contributed by atoms with Crippen molar-refractivity contribution in [3.05, 3.63) is 29.8 Å².